The van der Waals surface area contributed by atoms with Crippen LogP contribution in [-0.2, 0) is 17.6 Å². The number of piperazine rings is 1. The highest BCUT2D eigenvalue weighted by molar-refractivity contribution is 8.00. The van der Waals surface area contributed by atoms with Gasteiger partial charge in [-0.1, -0.05) is 18.2 Å². The number of aromatic nitrogens is 3. The first-order valence-corrected chi connectivity index (χ1v) is 11.3. The summed E-state index contributed by atoms with van der Waals surface area (Å²) >= 11 is 1.61. The van der Waals surface area contributed by atoms with E-state index in [1.54, 1.807) is 11.8 Å². The quantitative estimate of drug-likeness (QED) is 0.673. The lowest BCUT2D eigenvalue weighted by Gasteiger charge is -2.35. The molecule has 2 aliphatic rings. The second kappa shape index (κ2) is 8.06. The molecular formula is C22H25N5OS. The van der Waals surface area contributed by atoms with Gasteiger partial charge in [0.2, 0.25) is 5.91 Å². The van der Waals surface area contributed by atoms with Crippen LogP contribution in [0.25, 0.3) is 10.9 Å². The number of amides is 1. The number of rotatable bonds is 4. The van der Waals surface area contributed by atoms with Crippen LogP contribution in [0.4, 0.5) is 5.82 Å². The molecule has 7 heteroatoms. The monoisotopic (exact) mass is 407 g/mol. The van der Waals surface area contributed by atoms with E-state index in [1.807, 2.05) is 23.2 Å². The average molecular weight is 408 g/mol. The van der Waals surface area contributed by atoms with Crippen molar-refractivity contribution in [2.45, 2.75) is 30.6 Å². The Morgan fingerprint density at radius 1 is 1.07 bits per heavy atom. The lowest BCUT2D eigenvalue weighted by atomic mass is 9.97. The van der Waals surface area contributed by atoms with Crippen molar-refractivity contribution in [1.82, 2.24) is 20.1 Å². The molecule has 150 valence electrons. The standard InChI is InChI=1S/C22H25N5OS/c28-22(15-29-20-14-23-19-8-4-2-6-17(19)20)27-11-9-26(10-12-27)21-13-16-5-1-3-7-18(16)24-25-21/h2,4,6,8,13-14,23H,1,3,5,7,9-12,15H2. The van der Waals surface area contributed by atoms with Crippen LogP contribution in [0.5, 0.6) is 0 Å². The summed E-state index contributed by atoms with van der Waals surface area (Å²) in [5, 5.41) is 10.1. The van der Waals surface area contributed by atoms with E-state index in [0.717, 1.165) is 55.3 Å². The number of aryl methyl sites for hydroxylation is 2. The zero-order chi connectivity index (χ0) is 19.6. The number of fused-ring (bicyclic) bond motifs is 2. The fourth-order valence-corrected chi connectivity index (χ4v) is 5.15. The number of nitrogens with one attached hydrogen (secondary N) is 1. The van der Waals surface area contributed by atoms with Crippen molar-refractivity contribution in [2.75, 3.05) is 36.8 Å². The van der Waals surface area contributed by atoms with Crippen LogP contribution in [0.15, 0.2) is 41.4 Å². The van der Waals surface area contributed by atoms with Gasteiger partial charge in [-0.05, 0) is 43.4 Å². The molecule has 1 amide bonds. The number of hydrogen-bond donors (Lipinski definition) is 1. The Morgan fingerprint density at radius 2 is 1.90 bits per heavy atom. The Balaban J connectivity index is 1.17. The summed E-state index contributed by atoms with van der Waals surface area (Å²) in [7, 11) is 0. The fraction of sp³-hybridized carbons (Fsp3) is 0.409. The topological polar surface area (TPSA) is 65.1 Å². The Bertz CT molecular complexity index is 1020. The van der Waals surface area contributed by atoms with Gasteiger partial charge in [0.05, 0.1) is 11.4 Å². The zero-order valence-electron chi connectivity index (χ0n) is 16.4. The third-order valence-electron chi connectivity index (χ3n) is 5.92. The summed E-state index contributed by atoms with van der Waals surface area (Å²) in [6.07, 6.45) is 6.63. The van der Waals surface area contributed by atoms with Crippen LogP contribution in [-0.4, -0.2) is 57.9 Å². The molecule has 1 N–H and O–H groups in total. The lowest BCUT2D eigenvalue weighted by molar-refractivity contribution is -0.128. The molecule has 0 unspecified atom stereocenters. The van der Waals surface area contributed by atoms with Crippen molar-refractivity contribution >= 4 is 34.4 Å². The second-order valence-electron chi connectivity index (χ2n) is 7.74. The van der Waals surface area contributed by atoms with Crippen molar-refractivity contribution in [3.63, 3.8) is 0 Å². The van der Waals surface area contributed by atoms with Crippen LogP contribution >= 0.6 is 11.8 Å². The van der Waals surface area contributed by atoms with Gasteiger partial charge < -0.3 is 14.8 Å². The number of para-hydroxylation sites is 1. The molecule has 2 aromatic heterocycles. The third kappa shape index (κ3) is 3.83. The maximum absolute atomic E-state index is 12.7. The summed E-state index contributed by atoms with van der Waals surface area (Å²) in [4.78, 5) is 21.4. The van der Waals surface area contributed by atoms with Crippen molar-refractivity contribution < 1.29 is 4.79 Å². The highest BCUT2D eigenvalue weighted by atomic mass is 32.2. The molecule has 3 heterocycles. The van der Waals surface area contributed by atoms with Gasteiger partial charge in [-0.15, -0.1) is 16.9 Å². The van der Waals surface area contributed by atoms with E-state index >= 15 is 0 Å². The predicted molar refractivity (Wildman–Crippen MR) is 116 cm³/mol. The summed E-state index contributed by atoms with van der Waals surface area (Å²) in [5.74, 6) is 1.64. The maximum Gasteiger partial charge on any atom is 0.233 e. The molecule has 1 aromatic carbocycles. The highest BCUT2D eigenvalue weighted by Gasteiger charge is 2.23. The maximum atomic E-state index is 12.7. The molecule has 0 bridgehead atoms. The number of benzene rings is 1. The minimum atomic E-state index is 0.205. The number of anilines is 1. The van der Waals surface area contributed by atoms with Gasteiger partial charge in [0.1, 0.15) is 0 Å². The average Bonchev–Trinajstić information content (AvgIpc) is 3.20. The van der Waals surface area contributed by atoms with Gasteiger partial charge in [0.25, 0.3) is 0 Å². The molecule has 0 spiro atoms. The molecule has 29 heavy (non-hydrogen) atoms. The molecule has 6 nitrogen and oxygen atoms in total. The van der Waals surface area contributed by atoms with Crippen LogP contribution in [0.1, 0.15) is 24.1 Å². The first-order valence-electron chi connectivity index (χ1n) is 10.3. The Labute approximate surface area is 174 Å². The molecule has 1 aliphatic carbocycles. The zero-order valence-corrected chi connectivity index (χ0v) is 17.2. The summed E-state index contributed by atoms with van der Waals surface area (Å²) < 4.78 is 0. The van der Waals surface area contributed by atoms with Gasteiger partial charge >= 0.3 is 0 Å². The number of carbonyl (C=O) groups is 1. The molecular weight excluding hydrogens is 382 g/mol. The molecule has 1 saturated heterocycles. The number of H-pyrrole nitrogens is 1. The molecule has 0 atom stereocenters. The second-order valence-corrected chi connectivity index (χ2v) is 8.75. The van der Waals surface area contributed by atoms with Gasteiger partial charge in [0.15, 0.2) is 5.82 Å². The van der Waals surface area contributed by atoms with Gasteiger partial charge in [-0.2, -0.15) is 5.10 Å². The Morgan fingerprint density at radius 3 is 2.79 bits per heavy atom. The van der Waals surface area contributed by atoms with Crippen LogP contribution in [0.2, 0.25) is 0 Å². The van der Waals surface area contributed by atoms with Crippen molar-refractivity contribution in [1.29, 1.82) is 0 Å². The van der Waals surface area contributed by atoms with Gasteiger partial charge in [0, 0.05) is 48.2 Å². The van der Waals surface area contributed by atoms with Gasteiger partial charge in [-0.25, -0.2) is 0 Å². The van der Waals surface area contributed by atoms with Crippen LogP contribution < -0.4 is 4.90 Å². The van der Waals surface area contributed by atoms with E-state index in [4.69, 9.17) is 0 Å². The lowest BCUT2D eigenvalue weighted by Crippen LogP contribution is -2.49. The van der Waals surface area contributed by atoms with Crippen molar-refractivity contribution in [3.05, 3.63) is 47.8 Å². The molecule has 3 aromatic rings. The number of thioether (sulfide) groups is 1. The minimum absolute atomic E-state index is 0.205. The number of carbonyl (C=O) groups excluding carboxylic acids is 1. The first kappa shape index (κ1) is 18.5. The van der Waals surface area contributed by atoms with E-state index in [2.05, 4.69) is 38.3 Å². The van der Waals surface area contributed by atoms with E-state index < -0.39 is 0 Å². The third-order valence-corrected chi connectivity index (χ3v) is 6.96. The van der Waals surface area contributed by atoms with Crippen LogP contribution in [0.3, 0.4) is 0 Å². The largest absolute Gasteiger partial charge is 0.360 e. The van der Waals surface area contributed by atoms with E-state index in [-0.39, 0.29) is 5.91 Å². The van der Waals surface area contributed by atoms with Crippen molar-refractivity contribution in [2.24, 2.45) is 0 Å². The Kier molecular flexibility index (Phi) is 5.14. The predicted octanol–water partition coefficient (Wildman–Crippen LogP) is 3.28. The van der Waals surface area contributed by atoms with Crippen LogP contribution in [0, 0.1) is 0 Å². The molecule has 5 rings (SSSR count). The van der Waals surface area contributed by atoms with Gasteiger partial charge in [-0.3, -0.25) is 4.79 Å². The van der Waals surface area contributed by atoms with E-state index in [0.29, 0.717) is 5.75 Å². The molecule has 1 fully saturated rings. The van der Waals surface area contributed by atoms with E-state index in [1.165, 1.54) is 29.5 Å². The number of hydrogen-bond acceptors (Lipinski definition) is 5. The molecule has 1 aliphatic heterocycles. The molecule has 0 radical (unpaired) electrons. The SMILES string of the molecule is O=C(CSc1c[nH]c2ccccc12)N1CCN(c2cc3c(nn2)CCCC3)CC1. The van der Waals surface area contributed by atoms with E-state index in [9.17, 15) is 4.79 Å². The number of aromatic amines is 1. The number of nitrogens with zero attached hydrogens (tertiary/aromatic N) is 4. The fourth-order valence-electron chi connectivity index (χ4n) is 4.21. The smallest absolute Gasteiger partial charge is 0.233 e. The minimum Gasteiger partial charge on any atom is -0.360 e. The van der Waals surface area contributed by atoms with Crippen molar-refractivity contribution in [3.8, 4) is 0 Å². The normalized spacial score (nSPS) is 16.8. The molecule has 0 saturated carbocycles. The summed E-state index contributed by atoms with van der Waals surface area (Å²) in [6, 6.07) is 10.4. The highest BCUT2D eigenvalue weighted by Crippen LogP contribution is 2.28. The Hall–Kier alpha value is -2.54. The first-order chi connectivity index (χ1) is 14.3. The summed E-state index contributed by atoms with van der Waals surface area (Å²) in [5.41, 5.74) is 3.64. The summed E-state index contributed by atoms with van der Waals surface area (Å²) in [6.45, 7) is 3.12.